The molecule has 0 unspecified atom stereocenters. The number of rotatable bonds is 0. The molecule has 3 nitrogen and oxygen atoms in total. The highest BCUT2D eigenvalue weighted by Crippen LogP contribution is 2.57. The Hall–Kier alpha value is -0.450. The van der Waals surface area contributed by atoms with Crippen LogP contribution in [0.15, 0.2) is 12.2 Å². The SMILES string of the molecule is C=C1[C@H]2O[C@@H]3OC(C)(C)O[C@@H]3[C@@]2(C)C[C@@H]1F. The summed E-state index contributed by atoms with van der Waals surface area (Å²) in [5.41, 5.74) is 0.191. The second kappa shape index (κ2) is 2.86. The maximum absolute atomic E-state index is 13.7. The van der Waals surface area contributed by atoms with Gasteiger partial charge in [-0.15, -0.1) is 0 Å². The van der Waals surface area contributed by atoms with Crippen molar-refractivity contribution >= 4 is 0 Å². The standard InChI is InChI=1S/C12H17FO3/c1-6-7(13)5-12(4)8(6)14-10-9(12)15-11(2,3)16-10/h7-10H,1,5H2,2-4H3/t7-,8+,9-,10+,12-/m0/s1. The molecule has 0 spiro atoms. The lowest BCUT2D eigenvalue weighted by Gasteiger charge is -2.29. The Morgan fingerprint density at radius 2 is 2.00 bits per heavy atom. The average Bonchev–Trinajstić information content (AvgIpc) is 2.65. The Balaban J connectivity index is 1.93. The second-order valence-electron chi connectivity index (χ2n) is 5.69. The van der Waals surface area contributed by atoms with Gasteiger partial charge in [-0.05, 0) is 25.8 Å². The average molecular weight is 228 g/mol. The molecule has 5 atom stereocenters. The van der Waals surface area contributed by atoms with E-state index in [0.717, 1.165) is 0 Å². The summed E-state index contributed by atoms with van der Waals surface area (Å²) in [6, 6.07) is 0. The van der Waals surface area contributed by atoms with E-state index in [1.54, 1.807) is 0 Å². The molecule has 0 radical (unpaired) electrons. The Labute approximate surface area is 94.6 Å². The van der Waals surface area contributed by atoms with Gasteiger partial charge < -0.3 is 14.2 Å². The van der Waals surface area contributed by atoms with E-state index in [-0.39, 0.29) is 23.9 Å². The van der Waals surface area contributed by atoms with Crippen LogP contribution < -0.4 is 0 Å². The minimum absolute atomic E-state index is 0.190. The molecular weight excluding hydrogens is 211 g/mol. The number of alkyl halides is 1. The fraction of sp³-hybridized carbons (Fsp3) is 0.833. The largest absolute Gasteiger partial charge is 0.341 e. The zero-order valence-electron chi connectivity index (χ0n) is 9.83. The first-order valence-corrected chi connectivity index (χ1v) is 5.67. The highest BCUT2D eigenvalue weighted by Gasteiger charge is 2.65. The van der Waals surface area contributed by atoms with Crippen LogP contribution in [-0.2, 0) is 14.2 Å². The first-order chi connectivity index (χ1) is 7.33. The highest BCUT2D eigenvalue weighted by molar-refractivity contribution is 5.26. The van der Waals surface area contributed by atoms with Gasteiger partial charge in [0.25, 0.3) is 0 Å². The summed E-state index contributed by atoms with van der Waals surface area (Å²) >= 11 is 0. The van der Waals surface area contributed by atoms with Crippen LogP contribution in [0, 0.1) is 5.41 Å². The Morgan fingerprint density at radius 1 is 1.31 bits per heavy atom. The lowest BCUT2D eigenvalue weighted by atomic mass is 9.82. The third kappa shape index (κ3) is 1.18. The number of hydrogen-bond acceptors (Lipinski definition) is 3. The van der Waals surface area contributed by atoms with Crippen LogP contribution in [-0.4, -0.2) is 30.5 Å². The van der Waals surface area contributed by atoms with E-state index in [9.17, 15) is 4.39 Å². The van der Waals surface area contributed by atoms with Crippen molar-refractivity contribution in [3.05, 3.63) is 12.2 Å². The van der Waals surface area contributed by atoms with Crippen molar-refractivity contribution in [3.63, 3.8) is 0 Å². The summed E-state index contributed by atoms with van der Waals surface area (Å²) in [7, 11) is 0. The number of ether oxygens (including phenoxy) is 3. The van der Waals surface area contributed by atoms with Crippen LogP contribution >= 0.6 is 0 Å². The molecule has 0 amide bonds. The molecule has 2 saturated heterocycles. The van der Waals surface area contributed by atoms with Crippen molar-refractivity contribution in [1.29, 1.82) is 0 Å². The van der Waals surface area contributed by atoms with Crippen molar-refractivity contribution in [1.82, 2.24) is 0 Å². The second-order valence-corrected chi connectivity index (χ2v) is 5.69. The van der Waals surface area contributed by atoms with E-state index in [0.29, 0.717) is 12.0 Å². The fourth-order valence-corrected chi connectivity index (χ4v) is 3.13. The van der Waals surface area contributed by atoms with Crippen molar-refractivity contribution < 1.29 is 18.6 Å². The zero-order chi connectivity index (χ0) is 11.7. The Morgan fingerprint density at radius 3 is 2.69 bits per heavy atom. The van der Waals surface area contributed by atoms with Gasteiger partial charge in [0, 0.05) is 5.41 Å². The topological polar surface area (TPSA) is 27.7 Å². The van der Waals surface area contributed by atoms with Crippen LogP contribution in [0.3, 0.4) is 0 Å². The van der Waals surface area contributed by atoms with E-state index in [2.05, 4.69) is 6.58 Å². The smallest absolute Gasteiger partial charge is 0.188 e. The molecule has 2 heterocycles. The molecule has 4 heteroatoms. The predicted octanol–water partition coefficient (Wildman–Crippen LogP) is 2.17. The van der Waals surface area contributed by atoms with Gasteiger partial charge >= 0.3 is 0 Å². The van der Waals surface area contributed by atoms with Crippen LogP contribution in [0.1, 0.15) is 27.2 Å². The maximum Gasteiger partial charge on any atom is 0.188 e. The third-order valence-corrected chi connectivity index (χ3v) is 3.94. The molecule has 0 aromatic carbocycles. The Bertz CT molecular complexity index is 354. The van der Waals surface area contributed by atoms with E-state index in [1.165, 1.54) is 0 Å². The van der Waals surface area contributed by atoms with Crippen LogP contribution in [0.2, 0.25) is 0 Å². The molecule has 0 aromatic rings. The number of fused-ring (bicyclic) bond motifs is 3. The Kier molecular flexibility index (Phi) is 1.91. The molecule has 16 heavy (non-hydrogen) atoms. The van der Waals surface area contributed by atoms with Gasteiger partial charge in [0.1, 0.15) is 12.3 Å². The molecular formula is C12H17FO3. The van der Waals surface area contributed by atoms with Crippen LogP contribution in [0.25, 0.3) is 0 Å². The van der Waals surface area contributed by atoms with Crippen molar-refractivity contribution in [2.24, 2.45) is 5.41 Å². The normalized spacial score (nSPS) is 54.1. The first-order valence-electron chi connectivity index (χ1n) is 5.67. The molecule has 90 valence electrons. The summed E-state index contributed by atoms with van der Waals surface area (Å²) in [5.74, 6) is -0.640. The fourth-order valence-electron chi connectivity index (χ4n) is 3.13. The molecule has 1 aliphatic carbocycles. The zero-order valence-corrected chi connectivity index (χ0v) is 9.83. The van der Waals surface area contributed by atoms with Gasteiger partial charge in [0.05, 0.1) is 6.10 Å². The van der Waals surface area contributed by atoms with E-state index in [4.69, 9.17) is 14.2 Å². The van der Waals surface area contributed by atoms with E-state index < -0.39 is 12.0 Å². The molecule has 0 bridgehead atoms. The highest BCUT2D eigenvalue weighted by atomic mass is 19.1. The molecule has 3 aliphatic rings. The van der Waals surface area contributed by atoms with Crippen molar-refractivity contribution in [2.45, 2.75) is 57.6 Å². The van der Waals surface area contributed by atoms with Gasteiger partial charge in [0.15, 0.2) is 12.1 Å². The lowest BCUT2D eigenvalue weighted by molar-refractivity contribution is -0.210. The predicted molar refractivity (Wildman–Crippen MR) is 55.5 cm³/mol. The van der Waals surface area contributed by atoms with E-state index in [1.807, 2.05) is 20.8 Å². The molecule has 3 fully saturated rings. The minimum Gasteiger partial charge on any atom is -0.341 e. The molecule has 2 aliphatic heterocycles. The summed E-state index contributed by atoms with van der Waals surface area (Å²) in [6.07, 6.45) is -1.41. The van der Waals surface area contributed by atoms with Gasteiger partial charge in [-0.3, -0.25) is 0 Å². The van der Waals surface area contributed by atoms with Gasteiger partial charge in [-0.2, -0.15) is 0 Å². The van der Waals surface area contributed by atoms with Gasteiger partial charge in [-0.25, -0.2) is 4.39 Å². The quantitative estimate of drug-likeness (QED) is 0.595. The van der Waals surface area contributed by atoms with Gasteiger partial charge in [0.2, 0.25) is 0 Å². The number of hydrogen-bond donors (Lipinski definition) is 0. The van der Waals surface area contributed by atoms with Crippen molar-refractivity contribution in [3.8, 4) is 0 Å². The monoisotopic (exact) mass is 228 g/mol. The summed E-state index contributed by atoms with van der Waals surface area (Å²) in [4.78, 5) is 0. The molecule has 1 saturated carbocycles. The third-order valence-electron chi connectivity index (χ3n) is 3.94. The molecule has 0 aromatic heterocycles. The van der Waals surface area contributed by atoms with Crippen molar-refractivity contribution in [2.75, 3.05) is 0 Å². The minimum atomic E-state index is -0.983. The van der Waals surface area contributed by atoms with Gasteiger partial charge in [-0.1, -0.05) is 13.5 Å². The van der Waals surface area contributed by atoms with Crippen LogP contribution in [0.4, 0.5) is 4.39 Å². The molecule has 0 N–H and O–H groups in total. The van der Waals surface area contributed by atoms with E-state index >= 15 is 0 Å². The maximum atomic E-state index is 13.7. The summed E-state index contributed by atoms with van der Waals surface area (Å²) in [6.45, 7) is 9.48. The lowest BCUT2D eigenvalue weighted by Crippen LogP contribution is -2.36. The number of halogens is 1. The first kappa shape index (κ1) is 10.7. The van der Waals surface area contributed by atoms with Crippen LogP contribution in [0.5, 0.6) is 0 Å². The summed E-state index contributed by atoms with van der Waals surface area (Å²) in [5, 5.41) is 0. The summed E-state index contributed by atoms with van der Waals surface area (Å²) < 4.78 is 30.9. The molecule has 3 rings (SSSR count).